The number of carbonyl (C=O) groups excluding carboxylic acids is 3. The Morgan fingerprint density at radius 1 is 1.00 bits per heavy atom. The summed E-state index contributed by atoms with van der Waals surface area (Å²) in [5.74, 6) is -2.03. The monoisotopic (exact) mass is 596 g/mol. The number of benzene rings is 3. The number of fused-ring (bicyclic) bond motifs is 2. The molecule has 3 aliphatic rings. The van der Waals surface area contributed by atoms with Gasteiger partial charge in [0.25, 0.3) is 0 Å². The number of thioether (sulfide) groups is 1. The van der Waals surface area contributed by atoms with Crippen LogP contribution in [0.15, 0.2) is 84.9 Å². The summed E-state index contributed by atoms with van der Waals surface area (Å²) >= 11 is 1.60. The van der Waals surface area contributed by atoms with E-state index < -0.39 is 28.7 Å². The summed E-state index contributed by atoms with van der Waals surface area (Å²) < 4.78 is 0.839. The van der Waals surface area contributed by atoms with E-state index in [4.69, 9.17) is 0 Å². The highest BCUT2D eigenvalue weighted by Crippen LogP contribution is 2.66. The van der Waals surface area contributed by atoms with Crippen molar-refractivity contribution in [2.75, 3.05) is 11.9 Å². The van der Waals surface area contributed by atoms with Crippen molar-refractivity contribution in [1.29, 1.82) is 0 Å². The quantitative estimate of drug-likeness (QED) is 0.271. The second-order valence-electron chi connectivity index (χ2n) is 11.5. The number of aromatic nitrogens is 3. The third kappa shape index (κ3) is 4.67. The number of carbonyl (C=O) groups is 3. The number of aliphatic hydroxyl groups excluding tert-OH is 1. The smallest absolute Gasteiger partial charge is 0.245 e. The summed E-state index contributed by atoms with van der Waals surface area (Å²) in [5.41, 5.74) is 3.12. The molecule has 3 saturated heterocycles. The molecule has 0 aliphatic carbocycles. The molecule has 1 aromatic heterocycles. The first-order valence-corrected chi connectivity index (χ1v) is 15.4. The second-order valence-corrected chi connectivity index (χ2v) is 13.1. The molecule has 11 heteroatoms. The molecule has 3 amide bonds. The van der Waals surface area contributed by atoms with Crippen molar-refractivity contribution in [2.45, 2.75) is 48.0 Å². The standard InChI is InChI=1S/C32H32N6O4S/c39-18-22(17-20-9-3-1-4-10-20)38-28(30(41)33-19-37-24-14-8-7-13-23(24)35-36-37)32-16-15-25(43-32)26(27(32)31(38)42)29(40)34-21-11-5-2-6-12-21/h1-14,22,25-28,39H,15-19H2,(H,33,41)(H,34,40)/t22-,25+,26-,27+,28?,32?/m1/s1. The number of rotatable bonds is 9. The van der Waals surface area contributed by atoms with Crippen LogP contribution in [-0.2, 0) is 27.5 Å². The third-order valence-corrected chi connectivity index (χ3v) is 11.0. The van der Waals surface area contributed by atoms with Gasteiger partial charge in [-0.1, -0.05) is 65.9 Å². The summed E-state index contributed by atoms with van der Waals surface area (Å²) in [6, 6.07) is 24.9. The molecule has 2 bridgehead atoms. The topological polar surface area (TPSA) is 129 Å². The van der Waals surface area contributed by atoms with Crippen LogP contribution in [0.2, 0.25) is 0 Å². The lowest BCUT2D eigenvalue weighted by molar-refractivity contribution is -0.142. The molecule has 10 nitrogen and oxygen atoms in total. The molecule has 6 atom stereocenters. The number of aliphatic hydroxyl groups is 1. The molecule has 3 fully saturated rings. The van der Waals surface area contributed by atoms with Crippen molar-refractivity contribution in [3.05, 3.63) is 90.5 Å². The van der Waals surface area contributed by atoms with Crippen LogP contribution in [0.4, 0.5) is 5.69 Å². The average molecular weight is 597 g/mol. The van der Waals surface area contributed by atoms with E-state index >= 15 is 0 Å². The molecule has 0 saturated carbocycles. The maximum Gasteiger partial charge on any atom is 0.245 e. The Morgan fingerprint density at radius 2 is 1.72 bits per heavy atom. The van der Waals surface area contributed by atoms with E-state index in [2.05, 4.69) is 20.9 Å². The molecule has 7 rings (SSSR count). The molecule has 220 valence electrons. The number of amides is 3. The Kier molecular flexibility index (Phi) is 7.14. The summed E-state index contributed by atoms with van der Waals surface area (Å²) in [4.78, 5) is 44.0. The van der Waals surface area contributed by atoms with Crippen LogP contribution in [0.3, 0.4) is 0 Å². The van der Waals surface area contributed by atoms with Crippen molar-refractivity contribution in [3.8, 4) is 0 Å². The van der Waals surface area contributed by atoms with Crippen LogP contribution in [-0.4, -0.2) is 71.4 Å². The molecule has 3 N–H and O–H groups in total. The number of nitrogens with one attached hydrogen (secondary N) is 2. The van der Waals surface area contributed by atoms with Gasteiger partial charge >= 0.3 is 0 Å². The van der Waals surface area contributed by atoms with Gasteiger partial charge in [-0.05, 0) is 49.1 Å². The van der Waals surface area contributed by atoms with Crippen LogP contribution >= 0.6 is 11.8 Å². The first kappa shape index (κ1) is 27.6. The van der Waals surface area contributed by atoms with Crippen molar-refractivity contribution in [2.24, 2.45) is 11.8 Å². The summed E-state index contributed by atoms with van der Waals surface area (Å²) in [6.45, 7) is -0.233. The van der Waals surface area contributed by atoms with E-state index in [1.807, 2.05) is 84.9 Å². The van der Waals surface area contributed by atoms with Crippen LogP contribution < -0.4 is 10.6 Å². The van der Waals surface area contributed by atoms with Gasteiger partial charge in [-0.2, -0.15) is 0 Å². The summed E-state index contributed by atoms with van der Waals surface area (Å²) in [7, 11) is 0. The van der Waals surface area contributed by atoms with E-state index in [1.165, 1.54) is 0 Å². The minimum Gasteiger partial charge on any atom is -0.394 e. The van der Waals surface area contributed by atoms with Gasteiger partial charge in [-0.15, -0.1) is 16.9 Å². The zero-order chi connectivity index (χ0) is 29.6. The Hall–Kier alpha value is -4.22. The zero-order valence-electron chi connectivity index (χ0n) is 23.4. The van der Waals surface area contributed by atoms with Crippen LogP contribution in [0.25, 0.3) is 11.0 Å². The van der Waals surface area contributed by atoms with E-state index in [0.717, 1.165) is 17.5 Å². The first-order chi connectivity index (χ1) is 21.0. The maximum absolute atomic E-state index is 14.5. The number of hydrogen-bond acceptors (Lipinski definition) is 7. The second kappa shape index (κ2) is 11.1. The van der Waals surface area contributed by atoms with Crippen molar-refractivity contribution in [1.82, 2.24) is 25.2 Å². The highest BCUT2D eigenvalue weighted by atomic mass is 32.2. The highest BCUT2D eigenvalue weighted by molar-refractivity contribution is 8.02. The molecule has 0 radical (unpaired) electrons. The summed E-state index contributed by atoms with van der Waals surface area (Å²) in [5, 5.41) is 25.0. The Balaban J connectivity index is 1.22. The first-order valence-electron chi connectivity index (χ1n) is 14.6. The lowest BCUT2D eigenvalue weighted by atomic mass is 9.70. The van der Waals surface area contributed by atoms with E-state index in [0.29, 0.717) is 24.0 Å². The van der Waals surface area contributed by atoms with Crippen LogP contribution in [0.1, 0.15) is 18.4 Å². The van der Waals surface area contributed by atoms with Crippen LogP contribution in [0, 0.1) is 11.8 Å². The number of nitrogens with zero attached hydrogens (tertiary/aromatic N) is 4. The van der Waals surface area contributed by atoms with Gasteiger partial charge < -0.3 is 20.6 Å². The molecular weight excluding hydrogens is 564 g/mol. The lowest BCUT2D eigenvalue weighted by Gasteiger charge is -2.37. The molecule has 1 spiro atoms. The van der Waals surface area contributed by atoms with Crippen molar-refractivity contribution >= 4 is 46.2 Å². The van der Waals surface area contributed by atoms with Crippen LogP contribution in [0.5, 0.6) is 0 Å². The number of para-hydroxylation sites is 2. The SMILES string of the molecule is O=C(NCn1nnc2ccccc21)C1N([C@@H](CO)Cc2ccccc2)C(=O)[C@@H]2[C@H](C(=O)Nc3ccccc3)[C@@H]3CCC12S3. The molecule has 2 unspecified atom stereocenters. The molecule has 43 heavy (non-hydrogen) atoms. The normalized spacial score (nSPS) is 26.4. The Labute approximate surface area is 252 Å². The molecular formula is C32H32N6O4S. The minimum absolute atomic E-state index is 0.0731. The van der Waals surface area contributed by atoms with Crippen molar-refractivity contribution in [3.63, 3.8) is 0 Å². The number of likely N-dealkylation sites (tertiary alicyclic amines) is 1. The van der Waals surface area contributed by atoms with E-state index in [9.17, 15) is 19.5 Å². The van der Waals surface area contributed by atoms with Gasteiger partial charge in [0.2, 0.25) is 17.7 Å². The Bertz CT molecular complexity index is 1670. The molecule has 4 heterocycles. The van der Waals surface area contributed by atoms with Gasteiger partial charge in [-0.3, -0.25) is 14.4 Å². The molecule has 3 aromatic carbocycles. The minimum atomic E-state index is -0.856. The van der Waals surface area contributed by atoms with E-state index in [1.54, 1.807) is 21.3 Å². The number of anilines is 1. The third-order valence-electron chi connectivity index (χ3n) is 9.07. The highest BCUT2D eigenvalue weighted by Gasteiger charge is 2.74. The van der Waals surface area contributed by atoms with Gasteiger partial charge in [0, 0.05) is 10.9 Å². The lowest BCUT2D eigenvalue weighted by Crippen LogP contribution is -2.57. The average Bonchev–Trinajstić information content (AvgIpc) is 3.79. The van der Waals surface area contributed by atoms with E-state index in [-0.39, 0.29) is 36.2 Å². The van der Waals surface area contributed by atoms with Gasteiger partial charge in [0.05, 0.1) is 34.7 Å². The number of hydrogen-bond donors (Lipinski definition) is 3. The summed E-state index contributed by atoms with van der Waals surface area (Å²) in [6.07, 6.45) is 1.76. The fraction of sp³-hybridized carbons (Fsp3) is 0.344. The molecule has 4 aromatic rings. The molecule has 3 aliphatic heterocycles. The van der Waals surface area contributed by atoms with Crippen molar-refractivity contribution < 1.29 is 19.5 Å². The predicted octanol–water partition coefficient (Wildman–Crippen LogP) is 2.84. The Morgan fingerprint density at radius 3 is 2.49 bits per heavy atom. The largest absolute Gasteiger partial charge is 0.394 e. The fourth-order valence-electron chi connectivity index (χ4n) is 7.25. The van der Waals surface area contributed by atoms with Gasteiger partial charge in [0.1, 0.15) is 18.2 Å². The zero-order valence-corrected chi connectivity index (χ0v) is 24.2. The predicted molar refractivity (Wildman–Crippen MR) is 163 cm³/mol. The fourth-order valence-corrected chi connectivity index (χ4v) is 9.46. The maximum atomic E-state index is 14.5. The van der Waals surface area contributed by atoms with Gasteiger partial charge in [-0.25, -0.2) is 4.68 Å². The van der Waals surface area contributed by atoms with Gasteiger partial charge in [0.15, 0.2) is 0 Å².